The van der Waals surface area contributed by atoms with Crippen LogP contribution in [0.15, 0.2) is 0 Å². The summed E-state index contributed by atoms with van der Waals surface area (Å²) in [4.78, 5) is 0. The molecule has 2 atom stereocenters. The van der Waals surface area contributed by atoms with E-state index in [2.05, 4.69) is 17.6 Å². The molecule has 0 aliphatic heterocycles. The maximum absolute atomic E-state index is 5.47. The Labute approximate surface area is 57.0 Å². The lowest BCUT2D eigenvalue weighted by Crippen LogP contribution is -2.47. The van der Waals surface area contributed by atoms with E-state index in [0.29, 0.717) is 6.17 Å². The van der Waals surface area contributed by atoms with Crippen LogP contribution in [0.2, 0.25) is 0 Å². The lowest BCUT2D eigenvalue weighted by molar-refractivity contribution is 0.417. The average Bonchev–Trinajstić information content (AvgIpc) is 1.63. The van der Waals surface area contributed by atoms with E-state index < -0.39 is 0 Å². The molecule has 0 saturated carbocycles. The SMILES string of the molecule is CCNC(C)NC(C)N. The Kier molecular flexibility index (Phi) is 4.67. The van der Waals surface area contributed by atoms with Gasteiger partial charge in [-0.25, -0.2) is 0 Å². The normalized spacial score (nSPS) is 17.3. The summed E-state index contributed by atoms with van der Waals surface area (Å²) in [7, 11) is 0. The van der Waals surface area contributed by atoms with Crippen molar-refractivity contribution in [2.45, 2.75) is 33.1 Å². The Bertz CT molecular complexity index is 63.3. The third-order valence-electron chi connectivity index (χ3n) is 1.02. The van der Waals surface area contributed by atoms with Crippen LogP contribution in [0.25, 0.3) is 0 Å². The predicted octanol–water partition coefficient (Wildman–Crippen LogP) is -0.164. The Balaban J connectivity index is 3.15. The summed E-state index contributed by atoms with van der Waals surface area (Å²) in [6.07, 6.45) is 0.383. The van der Waals surface area contributed by atoms with Gasteiger partial charge in [0.25, 0.3) is 0 Å². The maximum Gasteiger partial charge on any atom is 0.0554 e. The van der Waals surface area contributed by atoms with Crippen LogP contribution < -0.4 is 16.4 Å². The van der Waals surface area contributed by atoms with E-state index in [1.807, 2.05) is 13.8 Å². The largest absolute Gasteiger partial charge is 0.316 e. The first-order chi connectivity index (χ1) is 4.16. The Morgan fingerprint density at radius 1 is 1.44 bits per heavy atom. The first-order valence-corrected chi connectivity index (χ1v) is 3.41. The molecule has 0 aliphatic rings. The fourth-order valence-corrected chi connectivity index (χ4v) is 0.759. The Morgan fingerprint density at radius 3 is 2.33 bits per heavy atom. The van der Waals surface area contributed by atoms with Crippen LogP contribution >= 0.6 is 0 Å². The highest BCUT2D eigenvalue weighted by molar-refractivity contribution is 4.58. The van der Waals surface area contributed by atoms with Crippen LogP contribution in [0.3, 0.4) is 0 Å². The minimum absolute atomic E-state index is 0.0686. The molecule has 0 radical (unpaired) electrons. The molecule has 0 bridgehead atoms. The fraction of sp³-hybridized carbons (Fsp3) is 1.00. The van der Waals surface area contributed by atoms with Gasteiger partial charge in [0.05, 0.1) is 12.3 Å². The van der Waals surface area contributed by atoms with Crippen molar-refractivity contribution >= 4 is 0 Å². The minimum Gasteiger partial charge on any atom is -0.316 e. The van der Waals surface area contributed by atoms with E-state index in [1.54, 1.807) is 0 Å². The zero-order chi connectivity index (χ0) is 7.28. The first kappa shape index (κ1) is 8.88. The molecule has 0 aliphatic carbocycles. The molecule has 4 N–H and O–H groups in total. The van der Waals surface area contributed by atoms with Crippen molar-refractivity contribution in [1.82, 2.24) is 10.6 Å². The third-order valence-corrected chi connectivity index (χ3v) is 1.02. The number of hydrogen-bond donors (Lipinski definition) is 3. The molecule has 0 fully saturated rings. The molecule has 0 aromatic carbocycles. The summed E-state index contributed by atoms with van der Waals surface area (Å²) in [6.45, 7) is 7.01. The molecule has 3 nitrogen and oxygen atoms in total. The van der Waals surface area contributed by atoms with Gasteiger partial charge in [-0.05, 0) is 20.4 Å². The van der Waals surface area contributed by atoms with Crippen molar-refractivity contribution < 1.29 is 0 Å². The summed E-state index contributed by atoms with van der Waals surface area (Å²) in [5, 5.41) is 6.30. The number of hydrogen-bond acceptors (Lipinski definition) is 3. The highest BCUT2D eigenvalue weighted by Gasteiger charge is 1.98. The number of rotatable bonds is 4. The van der Waals surface area contributed by atoms with Crippen molar-refractivity contribution in [3.63, 3.8) is 0 Å². The van der Waals surface area contributed by atoms with Gasteiger partial charge in [-0.1, -0.05) is 6.92 Å². The Morgan fingerprint density at radius 2 is 2.00 bits per heavy atom. The van der Waals surface area contributed by atoms with E-state index in [4.69, 9.17) is 5.73 Å². The van der Waals surface area contributed by atoms with Crippen molar-refractivity contribution in [3.8, 4) is 0 Å². The second-order valence-electron chi connectivity index (χ2n) is 2.23. The van der Waals surface area contributed by atoms with Gasteiger partial charge in [0.15, 0.2) is 0 Å². The van der Waals surface area contributed by atoms with Crippen LogP contribution in [-0.4, -0.2) is 18.9 Å². The van der Waals surface area contributed by atoms with Gasteiger partial charge < -0.3 is 11.1 Å². The highest BCUT2D eigenvalue weighted by Crippen LogP contribution is 1.74. The molecule has 0 amide bonds. The van der Waals surface area contributed by atoms with Crippen LogP contribution in [0.4, 0.5) is 0 Å². The molecule has 0 saturated heterocycles. The van der Waals surface area contributed by atoms with Gasteiger partial charge in [0, 0.05) is 0 Å². The zero-order valence-corrected chi connectivity index (χ0v) is 6.44. The second kappa shape index (κ2) is 4.73. The monoisotopic (exact) mass is 131 g/mol. The molecule has 2 unspecified atom stereocenters. The second-order valence-corrected chi connectivity index (χ2v) is 2.23. The van der Waals surface area contributed by atoms with E-state index in [1.165, 1.54) is 0 Å². The molecule has 3 heteroatoms. The molecule has 0 aromatic heterocycles. The Hall–Kier alpha value is -0.120. The molecule has 0 heterocycles. The van der Waals surface area contributed by atoms with Crippen molar-refractivity contribution in [2.75, 3.05) is 6.54 Å². The number of nitrogens with two attached hydrogens (primary N) is 1. The van der Waals surface area contributed by atoms with Gasteiger partial charge in [0.1, 0.15) is 0 Å². The van der Waals surface area contributed by atoms with Crippen LogP contribution in [0.5, 0.6) is 0 Å². The summed E-state index contributed by atoms with van der Waals surface area (Å²) in [5.74, 6) is 0. The first-order valence-electron chi connectivity index (χ1n) is 3.41. The molecular formula is C6H17N3. The molecule has 56 valence electrons. The van der Waals surface area contributed by atoms with Gasteiger partial charge in [-0.15, -0.1) is 0 Å². The van der Waals surface area contributed by atoms with E-state index in [-0.39, 0.29) is 6.17 Å². The zero-order valence-electron chi connectivity index (χ0n) is 6.44. The van der Waals surface area contributed by atoms with Gasteiger partial charge in [-0.3, -0.25) is 5.32 Å². The van der Waals surface area contributed by atoms with E-state index in [0.717, 1.165) is 6.54 Å². The molecule has 0 rings (SSSR count). The van der Waals surface area contributed by atoms with Crippen molar-refractivity contribution in [2.24, 2.45) is 5.73 Å². The summed E-state index contributed by atoms with van der Waals surface area (Å²) in [5.41, 5.74) is 5.47. The van der Waals surface area contributed by atoms with E-state index >= 15 is 0 Å². The van der Waals surface area contributed by atoms with E-state index in [9.17, 15) is 0 Å². The van der Waals surface area contributed by atoms with Gasteiger partial charge in [-0.2, -0.15) is 0 Å². The standard InChI is InChI=1S/C6H17N3/c1-4-8-6(3)9-5(2)7/h5-6,8-9H,4,7H2,1-3H3. The third kappa shape index (κ3) is 5.76. The summed E-state index contributed by atoms with van der Waals surface area (Å²) < 4.78 is 0. The highest BCUT2D eigenvalue weighted by atomic mass is 15.2. The number of nitrogens with one attached hydrogen (secondary N) is 2. The minimum atomic E-state index is 0.0686. The molecular weight excluding hydrogens is 114 g/mol. The van der Waals surface area contributed by atoms with Gasteiger partial charge >= 0.3 is 0 Å². The molecule has 0 aromatic rings. The van der Waals surface area contributed by atoms with Gasteiger partial charge in [0.2, 0.25) is 0 Å². The quantitative estimate of drug-likeness (QED) is 0.464. The summed E-state index contributed by atoms with van der Waals surface area (Å²) in [6, 6.07) is 0. The maximum atomic E-state index is 5.47. The lowest BCUT2D eigenvalue weighted by Gasteiger charge is -2.16. The average molecular weight is 131 g/mol. The predicted molar refractivity (Wildman–Crippen MR) is 39.9 cm³/mol. The van der Waals surface area contributed by atoms with Crippen molar-refractivity contribution in [1.29, 1.82) is 0 Å². The molecule has 0 spiro atoms. The van der Waals surface area contributed by atoms with Crippen LogP contribution in [-0.2, 0) is 0 Å². The summed E-state index contributed by atoms with van der Waals surface area (Å²) >= 11 is 0. The smallest absolute Gasteiger partial charge is 0.0554 e. The van der Waals surface area contributed by atoms with Crippen LogP contribution in [0, 0.1) is 0 Å². The fourth-order valence-electron chi connectivity index (χ4n) is 0.759. The lowest BCUT2D eigenvalue weighted by atomic mass is 10.5. The van der Waals surface area contributed by atoms with Crippen LogP contribution in [0.1, 0.15) is 20.8 Å². The topological polar surface area (TPSA) is 50.1 Å². The molecule has 9 heavy (non-hydrogen) atoms. The van der Waals surface area contributed by atoms with Crippen molar-refractivity contribution in [3.05, 3.63) is 0 Å².